The van der Waals surface area contributed by atoms with Crippen LogP contribution < -0.4 is 9.47 Å². The molecule has 0 saturated heterocycles. The van der Waals surface area contributed by atoms with E-state index >= 15 is 0 Å². The highest BCUT2D eigenvalue weighted by Gasteiger charge is 2.25. The van der Waals surface area contributed by atoms with Gasteiger partial charge in [0, 0.05) is 17.5 Å². The topological polar surface area (TPSA) is 73.6 Å². The standard InChI is InChI=1S/C23H25Cl3N2O4S/c1-23(2,17-10-20(25)22(21(26)11-17)31-9-3-8-24)16-4-6-19(7-5-16)32-13-18-12-28(14-27-18)15-33(29)30/h4-7,10-12,14H,3,8-9,13,15H2,1-2H3,(H,29,30). The van der Waals surface area contributed by atoms with Crippen LogP contribution >= 0.6 is 34.8 Å². The number of benzene rings is 2. The second-order valence-electron chi connectivity index (χ2n) is 7.93. The van der Waals surface area contributed by atoms with Crippen LogP contribution in [0.3, 0.4) is 0 Å². The summed E-state index contributed by atoms with van der Waals surface area (Å²) < 4.78 is 32.9. The van der Waals surface area contributed by atoms with E-state index in [1.807, 2.05) is 36.4 Å². The van der Waals surface area contributed by atoms with E-state index in [4.69, 9.17) is 48.8 Å². The Morgan fingerprint density at radius 2 is 1.76 bits per heavy atom. The molecule has 1 heterocycles. The van der Waals surface area contributed by atoms with Gasteiger partial charge in [-0.3, -0.25) is 0 Å². The smallest absolute Gasteiger partial charge is 0.173 e. The summed E-state index contributed by atoms with van der Waals surface area (Å²) >= 11 is 16.7. The van der Waals surface area contributed by atoms with Crippen LogP contribution in [0.5, 0.6) is 11.5 Å². The maximum absolute atomic E-state index is 10.9. The van der Waals surface area contributed by atoms with Crippen molar-refractivity contribution in [3.8, 4) is 11.5 Å². The zero-order chi connectivity index (χ0) is 24.0. The van der Waals surface area contributed by atoms with Crippen LogP contribution in [0.15, 0.2) is 48.9 Å². The lowest BCUT2D eigenvalue weighted by Crippen LogP contribution is -2.19. The van der Waals surface area contributed by atoms with E-state index in [1.165, 1.54) is 6.33 Å². The molecule has 0 spiro atoms. The van der Waals surface area contributed by atoms with Gasteiger partial charge in [0.05, 0.1) is 28.7 Å². The normalized spacial score (nSPS) is 12.5. The summed E-state index contributed by atoms with van der Waals surface area (Å²) in [5.74, 6) is 1.65. The van der Waals surface area contributed by atoms with Gasteiger partial charge in [-0.2, -0.15) is 0 Å². The van der Waals surface area contributed by atoms with Gasteiger partial charge in [-0.05, 0) is 41.8 Å². The lowest BCUT2D eigenvalue weighted by atomic mass is 9.78. The van der Waals surface area contributed by atoms with Gasteiger partial charge in [0.25, 0.3) is 0 Å². The molecule has 1 unspecified atom stereocenters. The minimum atomic E-state index is -1.92. The van der Waals surface area contributed by atoms with E-state index < -0.39 is 11.1 Å². The molecule has 1 N–H and O–H groups in total. The molecule has 0 radical (unpaired) electrons. The van der Waals surface area contributed by atoms with Crippen LogP contribution in [0.2, 0.25) is 10.0 Å². The summed E-state index contributed by atoms with van der Waals surface area (Å²) in [5.41, 5.74) is 2.33. The Bertz CT molecular complexity index is 1080. The summed E-state index contributed by atoms with van der Waals surface area (Å²) in [5, 5.41) is 0.925. The molecule has 0 aliphatic rings. The summed E-state index contributed by atoms with van der Waals surface area (Å²) in [4.78, 5) is 4.18. The Hall–Kier alpha value is -1.77. The number of rotatable bonds is 11. The molecule has 1 atom stereocenters. The third-order valence-electron chi connectivity index (χ3n) is 5.15. The maximum Gasteiger partial charge on any atom is 0.173 e. The minimum Gasteiger partial charge on any atom is -0.490 e. The van der Waals surface area contributed by atoms with Gasteiger partial charge in [0.2, 0.25) is 0 Å². The SMILES string of the molecule is CC(C)(c1ccc(OCc2cn(CS(=O)O)cn2)cc1)c1cc(Cl)c(OCCCCl)c(Cl)c1. The first kappa shape index (κ1) is 25.8. The third kappa shape index (κ3) is 6.87. The van der Waals surface area contributed by atoms with Crippen LogP contribution in [0.25, 0.3) is 0 Å². The van der Waals surface area contributed by atoms with Gasteiger partial charge in [-0.1, -0.05) is 49.2 Å². The molecule has 2 aromatic carbocycles. The molecule has 6 nitrogen and oxygen atoms in total. The average Bonchev–Trinajstić information content (AvgIpc) is 3.21. The number of nitrogens with zero attached hydrogens (tertiary/aromatic N) is 2. The summed E-state index contributed by atoms with van der Waals surface area (Å²) in [6, 6.07) is 11.5. The van der Waals surface area contributed by atoms with Crippen LogP contribution in [0.1, 0.15) is 37.1 Å². The van der Waals surface area contributed by atoms with Crippen molar-refractivity contribution in [2.45, 2.75) is 38.2 Å². The van der Waals surface area contributed by atoms with Gasteiger partial charge in [-0.15, -0.1) is 11.6 Å². The largest absolute Gasteiger partial charge is 0.490 e. The fraction of sp³-hybridized carbons (Fsp3) is 0.348. The molecule has 3 rings (SSSR count). The second kappa shape index (κ2) is 11.6. The molecular weight excluding hydrogens is 507 g/mol. The number of aromatic nitrogens is 2. The third-order valence-corrected chi connectivity index (χ3v) is 6.50. The quantitative estimate of drug-likeness (QED) is 0.179. The molecular formula is C23H25Cl3N2O4S. The molecule has 0 aliphatic heterocycles. The maximum atomic E-state index is 10.9. The van der Waals surface area contributed by atoms with Crippen molar-refractivity contribution in [3.05, 3.63) is 75.8 Å². The van der Waals surface area contributed by atoms with Crippen molar-refractivity contribution in [1.29, 1.82) is 0 Å². The molecule has 1 aromatic heterocycles. The zero-order valence-corrected chi connectivity index (χ0v) is 21.3. The van der Waals surface area contributed by atoms with Gasteiger partial charge in [-0.25, -0.2) is 9.19 Å². The Balaban J connectivity index is 1.69. The first-order chi connectivity index (χ1) is 15.7. The second-order valence-corrected chi connectivity index (χ2v) is 10.0. The summed E-state index contributed by atoms with van der Waals surface area (Å²) in [6.45, 7) is 4.89. The molecule has 33 heavy (non-hydrogen) atoms. The van der Waals surface area contributed by atoms with Crippen molar-refractivity contribution in [2.24, 2.45) is 0 Å². The first-order valence-electron chi connectivity index (χ1n) is 10.2. The molecule has 0 saturated carbocycles. The first-order valence-corrected chi connectivity index (χ1v) is 12.8. The van der Waals surface area contributed by atoms with E-state index in [0.29, 0.717) is 46.1 Å². The summed E-state index contributed by atoms with van der Waals surface area (Å²) in [7, 11) is 0. The van der Waals surface area contributed by atoms with Gasteiger partial charge in [0.1, 0.15) is 18.2 Å². The van der Waals surface area contributed by atoms with Crippen molar-refractivity contribution >= 4 is 45.9 Å². The number of hydrogen-bond acceptors (Lipinski definition) is 4. The van der Waals surface area contributed by atoms with Crippen molar-refractivity contribution in [3.63, 3.8) is 0 Å². The Morgan fingerprint density at radius 3 is 2.36 bits per heavy atom. The van der Waals surface area contributed by atoms with Crippen molar-refractivity contribution in [2.75, 3.05) is 12.5 Å². The Morgan fingerprint density at radius 1 is 1.09 bits per heavy atom. The number of halogens is 3. The van der Waals surface area contributed by atoms with E-state index in [1.54, 1.807) is 10.8 Å². The Labute approximate surface area is 211 Å². The fourth-order valence-electron chi connectivity index (χ4n) is 3.26. The minimum absolute atomic E-state index is 0.0225. The summed E-state index contributed by atoms with van der Waals surface area (Å²) in [6.07, 6.45) is 3.90. The molecule has 0 bridgehead atoms. The van der Waals surface area contributed by atoms with Gasteiger partial charge >= 0.3 is 0 Å². The van der Waals surface area contributed by atoms with Crippen molar-refractivity contribution < 1.29 is 18.2 Å². The molecule has 10 heteroatoms. The number of imidazole rings is 1. The van der Waals surface area contributed by atoms with Crippen molar-refractivity contribution in [1.82, 2.24) is 9.55 Å². The van der Waals surface area contributed by atoms with Crippen LogP contribution in [0, 0.1) is 0 Å². The van der Waals surface area contributed by atoms with Crippen LogP contribution in [0.4, 0.5) is 0 Å². The zero-order valence-electron chi connectivity index (χ0n) is 18.3. The highest BCUT2D eigenvalue weighted by atomic mass is 35.5. The van der Waals surface area contributed by atoms with E-state index in [2.05, 4.69) is 18.8 Å². The highest BCUT2D eigenvalue weighted by Crippen LogP contribution is 2.40. The van der Waals surface area contributed by atoms with Crippen LogP contribution in [-0.4, -0.2) is 30.8 Å². The van der Waals surface area contributed by atoms with E-state index in [9.17, 15) is 4.21 Å². The van der Waals surface area contributed by atoms with Gasteiger partial charge in [0.15, 0.2) is 16.8 Å². The monoisotopic (exact) mass is 530 g/mol. The van der Waals surface area contributed by atoms with Crippen LogP contribution in [-0.2, 0) is 29.0 Å². The Kier molecular flexibility index (Phi) is 9.07. The highest BCUT2D eigenvalue weighted by molar-refractivity contribution is 7.78. The molecule has 0 aliphatic carbocycles. The number of ether oxygens (including phenoxy) is 2. The average molecular weight is 532 g/mol. The number of hydrogen-bond donors (Lipinski definition) is 1. The lowest BCUT2D eigenvalue weighted by molar-refractivity contribution is 0.301. The van der Waals surface area contributed by atoms with E-state index in [-0.39, 0.29) is 17.9 Å². The number of alkyl halides is 1. The lowest BCUT2D eigenvalue weighted by Gasteiger charge is -2.27. The van der Waals surface area contributed by atoms with Gasteiger partial charge < -0.3 is 18.6 Å². The predicted molar refractivity (Wildman–Crippen MR) is 133 cm³/mol. The fourth-order valence-corrected chi connectivity index (χ4v) is 4.36. The molecule has 3 aromatic rings. The molecule has 178 valence electrons. The van der Waals surface area contributed by atoms with E-state index in [0.717, 1.165) is 11.1 Å². The molecule has 0 amide bonds. The molecule has 0 fully saturated rings. The predicted octanol–water partition coefficient (Wildman–Crippen LogP) is 6.28.